The molecule has 1 fully saturated rings. The van der Waals surface area contributed by atoms with Gasteiger partial charge in [-0.05, 0) is 41.7 Å². The number of hydrogen-bond donors (Lipinski definition) is 2. The molecule has 0 atom stereocenters. The number of nitrogens with zero attached hydrogens (tertiary/aromatic N) is 1. The maximum Gasteiger partial charge on any atom is 0.319 e. The second kappa shape index (κ2) is 10.3. The smallest absolute Gasteiger partial charge is 0.319 e. The van der Waals surface area contributed by atoms with Crippen LogP contribution < -0.4 is 20.3 Å². The van der Waals surface area contributed by atoms with Crippen molar-refractivity contribution in [3.63, 3.8) is 0 Å². The highest BCUT2D eigenvalue weighted by molar-refractivity contribution is 5.93. The molecule has 2 aromatic rings. The lowest BCUT2D eigenvalue weighted by atomic mass is 9.87. The van der Waals surface area contributed by atoms with Gasteiger partial charge in [-0.2, -0.15) is 0 Å². The van der Waals surface area contributed by atoms with Gasteiger partial charge in [0.05, 0.1) is 31.2 Å². The van der Waals surface area contributed by atoms with Crippen LogP contribution in [0.3, 0.4) is 0 Å². The summed E-state index contributed by atoms with van der Waals surface area (Å²) in [6.07, 6.45) is 0.736. The van der Waals surface area contributed by atoms with E-state index in [1.807, 2.05) is 36.4 Å². The monoisotopic (exact) mass is 411 g/mol. The molecule has 2 N–H and O–H groups in total. The van der Waals surface area contributed by atoms with Crippen molar-refractivity contribution in [1.29, 1.82) is 0 Å². The van der Waals surface area contributed by atoms with Gasteiger partial charge < -0.3 is 25.0 Å². The number of urea groups is 1. The van der Waals surface area contributed by atoms with Crippen LogP contribution in [-0.2, 0) is 10.2 Å². The Morgan fingerprint density at radius 3 is 2.47 bits per heavy atom. The lowest BCUT2D eigenvalue weighted by Gasteiger charge is -2.30. The Morgan fingerprint density at radius 1 is 1.07 bits per heavy atom. The summed E-state index contributed by atoms with van der Waals surface area (Å²) in [5.74, 6) is 0.854. The first-order valence-electron chi connectivity index (χ1n) is 10.6. The summed E-state index contributed by atoms with van der Waals surface area (Å²) in [5.41, 5.74) is 3.26. The SMILES string of the molecule is CC(C)(C)c1ccc(OCCCNC(=O)Nc2ccccc2N2CCOCC2)cc1. The van der Waals surface area contributed by atoms with Gasteiger partial charge in [0.1, 0.15) is 5.75 Å². The Kier molecular flexibility index (Phi) is 7.57. The van der Waals surface area contributed by atoms with Crippen LogP contribution in [0.25, 0.3) is 0 Å². The fourth-order valence-corrected chi connectivity index (χ4v) is 3.34. The van der Waals surface area contributed by atoms with E-state index in [0.717, 1.165) is 36.6 Å². The van der Waals surface area contributed by atoms with Crippen molar-refractivity contribution in [1.82, 2.24) is 5.32 Å². The summed E-state index contributed by atoms with van der Waals surface area (Å²) >= 11 is 0. The lowest BCUT2D eigenvalue weighted by molar-refractivity contribution is 0.123. The number of rotatable bonds is 7. The third-order valence-electron chi connectivity index (χ3n) is 5.10. The number of nitrogens with one attached hydrogen (secondary N) is 2. The van der Waals surface area contributed by atoms with Crippen LogP contribution in [-0.4, -0.2) is 45.5 Å². The molecular weight excluding hydrogens is 378 g/mol. The number of anilines is 2. The second-order valence-electron chi connectivity index (χ2n) is 8.47. The van der Waals surface area contributed by atoms with Crippen molar-refractivity contribution in [2.45, 2.75) is 32.6 Å². The van der Waals surface area contributed by atoms with Crippen molar-refractivity contribution in [3.05, 3.63) is 54.1 Å². The zero-order valence-electron chi connectivity index (χ0n) is 18.2. The average molecular weight is 412 g/mol. The van der Waals surface area contributed by atoms with Crippen LogP contribution in [0, 0.1) is 0 Å². The number of hydrogen-bond acceptors (Lipinski definition) is 4. The van der Waals surface area contributed by atoms with Gasteiger partial charge in [-0.3, -0.25) is 0 Å². The highest BCUT2D eigenvalue weighted by atomic mass is 16.5. The normalized spacial score (nSPS) is 14.3. The highest BCUT2D eigenvalue weighted by Gasteiger charge is 2.15. The maximum absolute atomic E-state index is 12.3. The molecule has 1 aliphatic heterocycles. The molecule has 2 aromatic carbocycles. The third-order valence-corrected chi connectivity index (χ3v) is 5.10. The second-order valence-corrected chi connectivity index (χ2v) is 8.47. The van der Waals surface area contributed by atoms with Gasteiger partial charge in [0.15, 0.2) is 0 Å². The minimum absolute atomic E-state index is 0.135. The van der Waals surface area contributed by atoms with Crippen LogP contribution in [0.4, 0.5) is 16.2 Å². The number of amides is 2. The molecule has 0 unspecified atom stereocenters. The molecule has 1 saturated heterocycles. The molecule has 6 nitrogen and oxygen atoms in total. The van der Waals surface area contributed by atoms with E-state index >= 15 is 0 Å². The van der Waals surface area contributed by atoms with E-state index in [0.29, 0.717) is 26.4 Å². The summed E-state index contributed by atoms with van der Waals surface area (Å²) in [7, 11) is 0. The average Bonchev–Trinajstić information content (AvgIpc) is 2.74. The largest absolute Gasteiger partial charge is 0.494 e. The molecule has 3 rings (SSSR count). The maximum atomic E-state index is 12.3. The summed E-state index contributed by atoms with van der Waals surface area (Å²) in [6.45, 7) is 10.8. The van der Waals surface area contributed by atoms with E-state index in [-0.39, 0.29) is 11.4 Å². The molecule has 0 aliphatic carbocycles. The van der Waals surface area contributed by atoms with E-state index in [2.05, 4.69) is 48.4 Å². The molecule has 1 aliphatic rings. The van der Waals surface area contributed by atoms with E-state index in [9.17, 15) is 4.79 Å². The van der Waals surface area contributed by atoms with Crippen LogP contribution in [0.15, 0.2) is 48.5 Å². The number of carbonyl (C=O) groups is 1. The molecule has 0 saturated carbocycles. The van der Waals surface area contributed by atoms with Gasteiger partial charge in [0, 0.05) is 19.6 Å². The third kappa shape index (κ3) is 6.39. The molecule has 162 valence electrons. The fraction of sp³-hybridized carbons (Fsp3) is 0.458. The Labute approximate surface area is 179 Å². The van der Waals surface area contributed by atoms with Crippen molar-refractivity contribution in [2.24, 2.45) is 0 Å². The van der Waals surface area contributed by atoms with Crippen molar-refractivity contribution < 1.29 is 14.3 Å². The molecule has 1 heterocycles. The highest BCUT2D eigenvalue weighted by Crippen LogP contribution is 2.26. The first kappa shape index (κ1) is 22.0. The number of morpholine rings is 1. The lowest BCUT2D eigenvalue weighted by Crippen LogP contribution is -2.37. The first-order valence-corrected chi connectivity index (χ1v) is 10.6. The standard InChI is InChI=1S/C24H33N3O3/c1-24(2,3)19-9-11-20(12-10-19)30-16-6-13-25-23(28)26-21-7-4-5-8-22(21)27-14-17-29-18-15-27/h4-5,7-12H,6,13-18H2,1-3H3,(H2,25,26,28). The number of benzene rings is 2. The van der Waals surface area contributed by atoms with Crippen molar-refractivity contribution >= 4 is 17.4 Å². The molecule has 0 bridgehead atoms. The van der Waals surface area contributed by atoms with E-state index in [1.165, 1.54) is 5.56 Å². The Bertz CT molecular complexity index is 809. The fourth-order valence-electron chi connectivity index (χ4n) is 3.34. The number of para-hydroxylation sites is 2. The molecule has 0 radical (unpaired) electrons. The number of carbonyl (C=O) groups excluding carboxylic acids is 1. The van der Waals surface area contributed by atoms with Gasteiger partial charge in [0.2, 0.25) is 0 Å². The van der Waals surface area contributed by atoms with Crippen molar-refractivity contribution in [2.75, 3.05) is 49.7 Å². The summed E-state index contributed by atoms with van der Waals surface area (Å²) in [5, 5.41) is 5.87. The predicted octanol–water partition coefficient (Wildman–Crippen LogP) is 4.41. The van der Waals surface area contributed by atoms with Gasteiger partial charge >= 0.3 is 6.03 Å². The Morgan fingerprint density at radius 2 is 1.77 bits per heavy atom. The van der Waals surface area contributed by atoms with Gasteiger partial charge in [-0.1, -0.05) is 45.0 Å². The molecule has 30 heavy (non-hydrogen) atoms. The Hall–Kier alpha value is -2.73. The summed E-state index contributed by atoms with van der Waals surface area (Å²) in [4.78, 5) is 14.5. The molecule has 0 aromatic heterocycles. The number of ether oxygens (including phenoxy) is 2. The first-order chi connectivity index (χ1) is 14.4. The van der Waals surface area contributed by atoms with Crippen molar-refractivity contribution in [3.8, 4) is 5.75 Å². The molecule has 6 heteroatoms. The topological polar surface area (TPSA) is 62.8 Å². The van der Waals surface area contributed by atoms with Gasteiger partial charge in [-0.15, -0.1) is 0 Å². The minimum Gasteiger partial charge on any atom is -0.494 e. The quantitative estimate of drug-likeness (QED) is 0.663. The van der Waals surface area contributed by atoms with Crippen LogP contribution in [0.2, 0.25) is 0 Å². The summed E-state index contributed by atoms with van der Waals surface area (Å²) in [6, 6.07) is 15.9. The van der Waals surface area contributed by atoms with Crippen LogP contribution in [0.5, 0.6) is 5.75 Å². The molecular formula is C24H33N3O3. The molecule has 0 spiro atoms. The molecule has 2 amide bonds. The van der Waals surface area contributed by atoms with Gasteiger partial charge in [0.25, 0.3) is 0 Å². The zero-order valence-corrected chi connectivity index (χ0v) is 18.2. The zero-order chi connectivity index (χ0) is 21.4. The van der Waals surface area contributed by atoms with Gasteiger partial charge in [-0.25, -0.2) is 4.79 Å². The van der Waals surface area contributed by atoms with E-state index in [1.54, 1.807) is 0 Å². The van der Waals surface area contributed by atoms with Crippen LogP contribution in [0.1, 0.15) is 32.8 Å². The van der Waals surface area contributed by atoms with Crippen LogP contribution >= 0.6 is 0 Å². The van der Waals surface area contributed by atoms with E-state index in [4.69, 9.17) is 9.47 Å². The minimum atomic E-state index is -0.203. The predicted molar refractivity (Wildman–Crippen MR) is 122 cm³/mol. The van der Waals surface area contributed by atoms with E-state index < -0.39 is 0 Å². The Balaban J connectivity index is 1.39. The summed E-state index contributed by atoms with van der Waals surface area (Å²) < 4.78 is 11.2.